The molecule has 2 aromatic rings. The lowest BCUT2D eigenvalue weighted by atomic mass is 10.0. The molecule has 0 bridgehead atoms. The molecule has 6 nitrogen and oxygen atoms in total. The minimum absolute atomic E-state index is 0.0114. The first-order valence-corrected chi connectivity index (χ1v) is 9.77. The summed E-state index contributed by atoms with van der Waals surface area (Å²) in [6, 6.07) is 11.2. The van der Waals surface area contributed by atoms with Crippen LogP contribution in [0.2, 0.25) is 0 Å². The van der Waals surface area contributed by atoms with E-state index >= 15 is 0 Å². The number of hydrogen-bond acceptors (Lipinski definition) is 5. The number of carbonyl (C=O) groups excluding carboxylic acids is 2. The van der Waals surface area contributed by atoms with E-state index in [0.29, 0.717) is 30.4 Å². The van der Waals surface area contributed by atoms with Crippen molar-refractivity contribution in [2.75, 3.05) is 39.4 Å². The van der Waals surface area contributed by atoms with Crippen molar-refractivity contribution in [1.29, 1.82) is 0 Å². The average Bonchev–Trinajstić information content (AvgIpc) is 2.70. The van der Waals surface area contributed by atoms with Crippen LogP contribution in [0, 0.1) is 5.92 Å². The van der Waals surface area contributed by atoms with Crippen molar-refractivity contribution >= 4 is 23.0 Å². The molecular weight excluding hydrogens is 356 g/mol. The Balaban J connectivity index is 1.51. The van der Waals surface area contributed by atoms with Gasteiger partial charge in [-0.2, -0.15) is 0 Å². The molecule has 1 heterocycles. The maximum atomic E-state index is 12.2. The van der Waals surface area contributed by atoms with Gasteiger partial charge in [-0.05, 0) is 22.8 Å². The highest BCUT2D eigenvalue weighted by atomic mass is 16.5. The van der Waals surface area contributed by atoms with Crippen LogP contribution in [-0.2, 0) is 9.53 Å². The Morgan fingerprint density at radius 3 is 2.93 bits per heavy atom. The molecule has 0 spiro atoms. The highest BCUT2D eigenvalue weighted by molar-refractivity contribution is 6.00. The Bertz CT molecular complexity index is 821. The SMILES string of the molecule is CC(C)CN1CCOC(CNC(=O)COc2ccc3ccccc3c2C=O)C1. The summed E-state index contributed by atoms with van der Waals surface area (Å²) >= 11 is 0. The zero-order valence-corrected chi connectivity index (χ0v) is 16.5. The van der Waals surface area contributed by atoms with Crippen molar-refractivity contribution in [3.8, 4) is 5.75 Å². The lowest BCUT2D eigenvalue weighted by Gasteiger charge is -2.33. The first-order chi connectivity index (χ1) is 13.6. The van der Waals surface area contributed by atoms with Gasteiger partial charge in [0.25, 0.3) is 5.91 Å². The van der Waals surface area contributed by atoms with Gasteiger partial charge in [-0.15, -0.1) is 0 Å². The molecule has 28 heavy (non-hydrogen) atoms. The average molecular weight is 384 g/mol. The minimum Gasteiger partial charge on any atom is -0.483 e. The second-order valence-corrected chi connectivity index (χ2v) is 7.56. The molecule has 1 saturated heterocycles. The fourth-order valence-corrected chi connectivity index (χ4v) is 3.53. The topological polar surface area (TPSA) is 67.9 Å². The third kappa shape index (κ3) is 5.30. The van der Waals surface area contributed by atoms with E-state index in [4.69, 9.17) is 9.47 Å². The van der Waals surface area contributed by atoms with Gasteiger partial charge in [-0.1, -0.05) is 44.2 Å². The Hall–Kier alpha value is -2.44. The van der Waals surface area contributed by atoms with E-state index < -0.39 is 0 Å². The van der Waals surface area contributed by atoms with Crippen LogP contribution in [0.4, 0.5) is 0 Å². The van der Waals surface area contributed by atoms with Crippen molar-refractivity contribution in [1.82, 2.24) is 10.2 Å². The molecule has 0 saturated carbocycles. The van der Waals surface area contributed by atoms with Crippen LogP contribution in [0.1, 0.15) is 24.2 Å². The monoisotopic (exact) mass is 384 g/mol. The maximum Gasteiger partial charge on any atom is 0.258 e. The highest BCUT2D eigenvalue weighted by Crippen LogP contribution is 2.26. The lowest BCUT2D eigenvalue weighted by Crippen LogP contribution is -2.48. The first-order valence-electron chi connectivity index (χ1n) is 9.77. The summed E-state index contributed by atoms with van der Waals surface area (Å²) in [6.45, 7) is 8.18. The fraction of sp³-hybridized carbons (Fsp3) is 0.455. The van der Waals surface area contributed by atoms with Gasteiger partial charge >= 0.3 is 0 Å². The van der Waals surface area contributed by atoms with Crippen molar-refractivity contribution in [2.24, 2.45) is 5.92 Å². The van der Waals surface area contributed by atoms with Crippen molar-refractivity contribution in [2.45, 2.75) is 20.0 Å². The standard InChI is InChI=1S/C22H28N2O4/c1-16(2)12-24-9-10-27-18(13-24)11-23-22(26)15-28-21-8-7-17-5-3-4-6-19(17)20(21)14-25/h3-8,14,16,18H,9-13,15H2,1-2H3,(H,23,26). The van der Waals surface area contributed by atoms with Crippen molar-refractivity contribution in [3.05, 3.63) is 42.0 Å². The number of benzene rings is 2. The molecule has 3 rings (SSSR count). The van der Waals surface area contributed by atoms with Gasteiger partial charge in [0.15, 0.2) is 12.9 Å². The minimum atomic E-state index is -0.227. The van der Waals surface area contributed by atoms with Gasteiger partial charge < -0.3 is 14.8 Å². The smallest absolute Gasteiger partial charge is 0.258 e. The summed E-state index contributed by atoms with van der Waals surface area (Å²) in [5.74, 6) is 0.797. The largest absolute Gasteiger partial charge is 0.483 e. The number of nitrogens with one attached hydrogen (secondary N) is 1. The van der Waals surface area contributed by atoms with Crippen LogP contribution in [0.15, 0.2) is 36.4 Å². The second kappa shape index (κ2) is 9.66. The zero-order valence-electron chi connectivity index (χ0n) is 16.5. The van der Waals surface area contributed by atoms with Crippen LogP contribution < -0.4 is 10.1 Å². The molecular formula is C22H28N2O4. The summed E-state index contributed by atoms with van der Waals surface area (Å²) < 4.78 is 11.4. The number of fused-ring (bicyclic) bond motifs is 1. The number of rotatable bonds is 8. The summed E-state index contributed by atoms with van der Waals surface area (Å²) in [5.41, 5.74) is 0.464. The van der Waals surface area contributed by atoms with Crippen LogP contribution in [0.5, 0.6) is 5.75 Å². The zero-order chi connectivity index (χ0) is 19.9. The van der Waals surface area contributed by atoms with Crippen LogP contribution in [-0.4, -0.2) is 62.6 Å². The van der Waals surface area contributed by atoms with Crippen molar-refractivity contribution in [3.63, 3.8) is 0 Å². The summed E-state index contributed by atoms with van der Waals surface area (Å²) in [6.07, 6.45) is 0.761. The molecule has 6 heteroatoms. The normalized spacial score (nSPS) is 17.6. The van der Waals surface area contributed by atoms with Gasteiger partial charge in [0, 0.05) is 26.2 Å². The Morgan fingerprint density at radius 1 is 1.32 bits per heavy atom. The molecule has 0 aliphatic carbocycles. The Kier molecular flexibility index (Phi) is 7.01. The summed E-state index contributed by atoms with van der Waals surface area (Å²) in [4.78, 5) is 26.1. The van der Waals surface area contributed by atoms with Crippen LogP contribution >= 0.6 is 0 Å². The number of ether oxygens (including phenoxy) is 2. The van der Waals surface area contributed by atoms with E-state index in [1.165, 1.54) is 0 Å². The number of hydrogen-bond donors (Lipinski definition) is 1. The van der Waals surface area contributed by atoms with Crippen LogP contribution in [0.3, 0.4) is 0 Å². The Morgan fingerprint density at radius 2 is 2.14 bits per heavy atom. The van der Waals surface area contributed by atoms with Crippen LogP contribution in [0.25, 0.3) is 10.8 Å². The maximum absolute atomic E-state index is 12.2. The predicted octanol–water partition coefficient (Wildman–Crippen LogP) is 2.50. The van der Waals surface area contributed by atoms with E-state index in [1.54, 1.807) is 6.07 Å². The van der Waals surface area contributed by atoms with Gasteiger partial charge in [-0.3, -0.25) is 14.5 Å². The quantitative estimate of drug-likeness (QED) is 0.709. The predicted molar refractivity (Wildman–Crippen MR) is 109 cm³/mol. The molecule has 150 valence electrons. The van der Waals surface area contributed by atoms with E-state index in [0.717, 1.165) is 36.7 Å². The third-order valence-electron chi connectivity index (χ3n) is 4.78. The van der Waals surface area contributed by atoms with Gasteiger partial charge in [-0.25, -0.2) is 0 Å². The summed E-state index contributed by atoms with van der Waals surface area (Å²) in [7, 11) is 0. The van der Waals surface area contributed by atoms with E-state index in [1.807, 2.05) is 30.3 Å². The summed E-state index contributed by atoms with van der Waals surface area (Å²) in [5, 5.41) is 4.64. The second-order valence-electron chi connectivity index (χ2n) is 7.56. The van der Waals surface area contributed by atoms with Crippen molar-refractivity contribution < 1.29 is 19.1 Å². The molecule has 2 aromatic carbocycles. The molecule has 1 aliphatic rings. The van der Waals surface area contributed by atoms with E-state index in [-0.39, 0.29) is 18.6 Å². The van der Waals surface area contributed by atoms with E-state index in [2.05, 4.69) is 24.1 Å². The molecule has 0 radical (unpaired) electrons. The van der Waals surface area contributed by atoms with Gasteiger partial charge in [0.2, 0.25) is 0 Å². The number of amides is 1. The van der Waals surface area contributed by atoms with Gasteiger partial charge in [0.1, 0.15) is 5.75 Å². The molecule has 1 unspecified atom stereocenters. The molecule has 1 aliphatic heterocycles. The molecule has 1 N–H and O–H groups in total. The molecule has 1 fully saturated rings. The number of morpholine rings is 1. The number of carbonyl (C=O) groups is 2. The number of aldehydes is 1. The first kappa shape index (κ1) is 20.3. The highest BCUT2D eigenvalue weighted by Gasteiger charge is 2.21. The molecule has 0 aromatic heterocycles. The van der Waals surface area contributed by atoms with Gasteiger partial charge in [0.05, 0.1) is 18.3 Å². The third-order valence-corrected chi connectivity index (χ3v) is 4.78. The number of nitrogens with zero attached hydrogens (tertiary/aromatic N) is 1. The fourth-order valence-electron chi connectivity index (χ4n) is 3.53. The Labute approximate surface area is 165 Å². The lowest BCUT2D eigenvalue weighted by molar-refractivity contribution is -0.124. The van der Waals surface area contributed by atoms with E-state index in [9.17, 15) is 9.59 Å². The molecule has 1 amide bonds. The molecule has 1 atom stereocenters.